The molecular weight excluding hydrogens is 512 g/mol. The van der Waals surface area contributed by atoms with Crippen LogP contribution in [0.25, 0.3) is 82.7 Å². The SMILES string of the molecule is c1ccc(-c2ncc(-n3c4ccccc4c4c5c6ccccc6[nH]c5c5ccccc5c43)c(-c3ccccc3)n2)cc1. The largest absolute Gasteiger partial charge is 0.354 e. The van der Waals surface area contributed by atoms with Crippen molar-refractivity contribution in [3.63, 3.8) is 0 Å². The first-order chi connectivity index (χ1) is 20.9. The van der Waals surface area contributed by atoms with Crippen LogP contribution in [-0.4, -0.2) is 19.5 Å². The molecule has 9 rings (SSSR count). The summed E-state index contributed by atoms with van der Waals surface area (Å²) < 4.78 is 2.38. The molecule has 0 saturated carbocycles. The number of aromatic amines is 1. The van der Waals surface area contributed by atoms with Crippen LogP contribution in [0.15, 0.2) is 140 Å². The molecule has 0 amide bonds. The molecule has 3 aromatic heterocycles. The fourth-order valence-electron chi connectivity index (χ4n) is 6.58. The Bertz CT molecular complexity index is 2450. The molecule has 1 N–H and O–H groups in total. The van der Waals surface area contributed by atoms with Crippen LogP contribution in [0.1, 0.15) is 0 Å². The minimum absolute atomic E-state index is 0.711. The monoisotopic (exact) mass is 536 g/mol. The van der Waals surface area contributed by atoms with Gasteiger partial charge in [-0.3, -0.25) is 0 Å². The molecule has 0 spiro atoms. The lowest BCUT2D eigenvalue weighted by molar-refractivity contribution is 1.09. The van der Waals surface area contributed by atoms with Crippen molar-refractivity contribution < 1.29 is 0 Å². The number of nitrogens with one attached hydrogen (secondary N) is 1. The second-order valence-corrected chi connectivity index (χ2v) is 10.7. The lowest BCUT2D eigenvalue weighted by Crippen LogP contribution is -2.03. The Kier molecular flexibility index (Phi) is 4.87. The van der Waals surface area contributed by atoms with Gasteiger partial charge >= 0.3 is 0 Å². The van der Waals surface area contributed by atoms with E-state index in [0.29, 0.717) is 5.82 Å². The Morgan fingerprint density at radius 2 is 1.14 bits per heavy atom. The lowest BCUT2D eigenvalue weighted by atomic mass is 9.99. The van der Waals surface area contributed by atoms with E-state index in [9.17, 15) is 0 Å². The average Bonchev–Trinajstić information content (AvgIpc) is 3.62. The first-order valence-electron chi connectivity index (χ1n) is 14.2. The van der Waals surface area contributed by atoms with E-state index in [0.717, 1.165) is 39.1 Å². The van der Waals surface area contributed by atoms with E-state index in [-0.39, 0.29) is 0 Å². The van der Waals surface area contributed by atoms with Gasteiger partial charge < -0.3 is 9.55 Å². The van der Waals surface area contributed by atoms with Crippen molar-refractivity contribution in [2.24, 2.45) is 0 Å². The molecule has 0 fully saturated rings. The zero-order valence-electron chi connectivity index (χ0n) is 22.6. The number of benzene rings is 6. The van der Waals surface area contributed by atoms with E-state index >= 15 is 0 Å². The van der Waals surface area contributed by atoms with Crippen molar-refractivity contribution in [3.05, 3.63) is 140 Å². The van der Waals surface area contributed by atoms with Gasteiger partial charge in [-0.15, -0.1) is 0 Å². The summed E-state index contributed by atoms with van der Waals surface area (Å²) in [5.74, 6) is 0.711. The summed E-state index contributed by atoms with van der Waals surface area (Å²) in [6, 6.07) is 46.7. The quantitative estimate of drug-likeness (QED) is 0.244. The maximum absolute atomic E-state index is 5.23. The van der Waals surface area contributed by atoms with Crippen LogP contribution in [0.5, 0.6) is 0 Å². The highest BCUT2D eigenvalue weighted by Crippen LogP contribution is 2.45. The van der Waals surface area contributed by atoms with Gasteiger partial charge in [-0.25, -0.2) is 9.97 Å². The van der Waals surface area contributed by atoms with Crippen LogP contribution in [0, 0.1) is 0 Å². The van der Waals surface area contributed by atoms with Crippen LogP contribution in [0.4, 0.5) is 0 Å². The first-order valence-corrected chi connectivity index (χ1v) is 14.2. The van der Waals surface area contributed by atoms with Crippen LogP contribution in [-0.2, 0) is 0 Å². The van der Waals surface area contributed by atoms with E-state index in [1.165, 1.54) is 37.8 Å². The smallest absolute Gasteiger partial charge is 0.159 e. The lowest BCUT2D eigenvalue weighted by Gasteiger charge is -2.15. The zero-order chi connectivity index (χ0) is 27.6. The van der Waals surface area contributed by atoms with E-state index in [1.807, 2.05) is 30.5 Å². The summed E-state index contributed by atoms with van der Waals surface area (Å²) in [6.45, 7) is 0. The highest BCUT2D eigenvalue weighted by molar-refractivity contribution is 6.36. The molecule has 0 bridgehead atoms. The number of aromatic nitrogens is 4. The van der Waals surface area contributed by atoms with Gasteiger partial charge in [0, 0.05) is 49.0 Å². The van der Waals surface area contributed by atoms with Gasteiger partial charge in [-0.05, 0) is 12.1 Å². The molecule has 196 valence electrons. The fourth-order valence-corrected chi connectivity index (χ4v) is 6.58. The van der Waals surface area contributed by atoms with E-state index < -0.39 is 0 Å². The van der Waals surface area contributed by atoms with Gasteiger partial charge in [-0.1, -0.05) is 121 Å². The number of nitrogens with zero attached hydrogens (tertiary/aromatic N) is 3. The molecule has 3 heterocycles. The minimum atomic E-state index is 0.711. The molecule has 0 aliphatic rings. The molecule has 4 nitrogen and oxygen atoms in total. The van der Waals surface area contributed by atoms with Crippen molar-refractivity contribution in [1.29, 1.82) is 0 Å². The van der Waals surface area contributed by atoms with Gasteiger partial charge in [0.05, 0.1) is 34.1 Å². The van der Waals surface area contributed by atoms with Crippen LogP contribution >= 0.6 is 0 Å². The Morgan fingerprint density at radius 3 is 1.93 bits per heavy atom. The fraction of sp³-hybridized carbons (Fsp3) is 0. The van der Waals surface area contributed by atoms with Gasteiger partial charge in [0.1, 0.15) is 0 Å². The van der Waals surface area contributed by atoms with Gasteiger partial charge in [-0.2, -0.15) is 0 Å². The normalized spacial score (nSPS) is 11.8. The third-order valence-corrected chi connectivity index (χ3v) is 8.37. The van der Waals surface area contributed by atoms with E-state index in [4.69, 9.17) is 9.97 Å². The predicted molar refractivity (Wildman–Crippen MR) is 174 cm³/mol. The molecule has 42 heavy (non-hydrogen) atoms. The second kappa shape index (κ2) is 8.88. The van der Waals surface area contributed by atoms with Gasteiger partial charge in [0.25, 0.3) is 0 Å². The van der Waals surface area contributed by atoms with Crippen molar-refractivity contribution in [2.75, 3.05) is 0 Å². The summed E-state index contributed by atoms with van der Waals surface area (Å²) in [6.07, 6.45) is 2.00. The molecular formula is C38H24N4. The molecule has 6 aromatic carbocycles. The molecule has 4 heteroatoms. The highest BCUT2D eigenvalue weighted by atomic mass is 15.0. The van der Waals surface area contributed by atoms with Crippen molar-refractivity contribution >= 4 is 54.4 Å². The summed E-state index contributed by atoms with van der Waals surface area (Å²) >= 11 is 0. The van der Waals surface area contributed by atoms with Crippen molar-refractivity contribution in [3.8, 4) is 28.3 Å². The summed E-state index contributed by atoms with van der Waals surface area (Å²) in [5.41, 5.74) is 8.50. The minimum Gasteiger partial charge on any atom is -0.354 e. The highest BCUT2D eigenvalue weighted by Gasteiger charge is 2.23. The Balaban J connectivity index is 1.50. The average molecular weight is 537 g/mol. The van der Waals surface area contributed by atoms with Crippen LogP contribution < -0.4 is 0 Å². The molecule has 0 aliphatic carbocycles. The van der Waals surface area contributed by atoms with Crippen molar-refractivity contribution in [2.45, 2.75) is 0 Å². The number of fused-ring (bicyclic) bond motifs is 10. The Morgan fingerprint density at radius 1 is 0.524 bits per heavy atom. The predicted octanol–water partition coefficient (Wildman–Crippen LogP) is 9.70. The molecule has 0 aliphatic heterocycles. The Labute approximate surface area is 241 Å². The summed E-state index contributed by atoms with van der Waals surface area (Å²) in [7, 11) is 0. The van der Waals surface area contributed by atoms with Gasteiger partial charge in [0.2, 0.25) is 0 Å². The van der Waals surface area contributed by atoms with Crippen molar-refractivity contribution in [1.82, 2.24) is 19.5 Å². The maximum Gasteiger partial charge on any atom is 0.159 e. The molecule has 0 unspecified atom stereocenters. The number of para-hydroxylation sites is 2. The number of hydrogen-bond acceptors (Lipinski definition) is 2. The standard InChI is InChI=1S/C38H24N4/c1-3-13-24(14-4-1)35-32(23-39-38(41-35)25-15-5-2-6-16-25)42-31-22-12-10-20-29(31)34-33-28-19-9-11-21-30(28)40-36(33)26-17-7-8-18-27(26)37(34)42/h1-23,40H. The van der Waals surface area contributed by atoms with Crippen LogP contribution in [0.2, 0.25) is 0 Å². The maximum atomic E-state index is 5.23. The first kappa shape index (κ1) is 23.0. The van der Waals surface area contributed by atoms with Crippen LogP contribution in [0.3, 0.4) is 0 Å². The zero-order valence-corrected chi connectivity index (χ0v) is 22.6. The molecule has 9 aromatic rings. The number of rotatable bonds is 3. The number of H-pyrrole nitrogens is 1. The summed E-state index contributed by atoms with van der Waals surface area (Å²) in [5, 5.41) is 7.31. The third kappa shape index (κ3) is 3.23. The molecule has 0 saturated heterocycles. The molecule has 0 atom stereocenters. The third-order valence-electron chi connectivity index (χ3n) is 8.37. The topological polar surface area (TPSA) is 46.5 Å². The Hall–Kier alpha value is -5.74. The number of hydrogen-bond donors (Lipinski definition) is 1. The summed E-state index contributed by atoms with van der Waals surface area (Å²) in [4.78, 5) is 13.9. The van der Waals surface area contributed by atoms with Gasteiger partial charge in [0.15, 0.2) is 5.82 Å². The van der Waals surface area contributed by atoms with E-state index in [2.05, 4.69) is 119 Å². The molecule has 0 radical (unpaired) electrons. The van der Waals surface area contributed by atoms with E-state index in [1.54, 1.807) is 0 Å². The second-order valence-electron chi connectivity index (χ2n) is 10.7.